The maximum atomic E-state index is 14.0. The van der Waals surface area contributed by atoms with E-state index in [1.165, 1.54) is 18.2 Å². The van der Waals surface area contributed by atoms with Crippen LogP contribution in [0.15, 0.2) is 72.8 Å². The molecule has 0 bridgehead atoms. The molecule has 6 rings (SSSR count). The first-order chi connectivity index (χ1) is 17.9. The average Bonchev–Trinajstić information content (AvgIpc) is 3.29. The van der Waals surface area contributed by atoms with Crippen molar-refractivity contribution in [3.8, 4) is 5.75 Å². The van der Waals surface area contributed by atoms with Crippen LogP contribution >= 0.6 is 0 Å². The van der Waals surface area contributed by atoms with Crippen LogP contribution in [0, 0.1) is 5.82 Å². The molecule has 2 amide bonds. The van der Waals surface area contributed by atoms with Gasteiger partial charge in [0.1, 0.15) is 11.6 Å². The zero-order valence-corrected chi connectivity index (χ0v) is 20.3. The fourth-order valence-electron chi connectivity index (χ4n) is 5.86. The molecular formula is C29H26FN3O4. The Kier molecular flexibility index (Phi) is 5.49. The van der Waals surface area contributed by atoms with E-state index in [0.717, 1.165) is 22.2 Å². The van der Waals surface area contributed by atoms with E-state index < -0.39 is 17.3 Å². The molecule has 2 N–H and O–H groups in total. The highest BCUT2D eigenvalue weighted by Gasteiger charge is 2.55. The van der Waals surface area contributed by atoms with Crippen LogP contribution in [-0.4, -0.2) is 65.1 Å². The Morgan fingerprint density at radius 1 is 1.00 bits per heavy atom. The molecule has 3 aromatic carbocycles. The third-order valence-corrected chi connectivity index (χ3v) is 7.55. The lowest BCUT2D eigenvalue weighted by molar-refractivity contribution is 0.00304. The Bertz CT molecular complexity index is 1510. The summed E-state index contributed by atoms with van der Waals surface area (Å²) in [5.74, 6) is -0.253. The van der Waals surface area contributed by atoms with Gasteiger partial charge in [0, 0.05) is 53.4 Å². The predicted octanol–water partition coefficient (Wildman–Crippen LogP) is 3.90. The minimum Gasteiger partial charge on any atom is -0.497 e. The largest absolute Gasteiger partial charge is 0.497 e. The number of hydrogen-bond acceptors (Lipinski definition) is 4. The maximum absolute atomic E-state index is 14.0. The molecule has 2 aliphatic rings. The molecular weight excluding hydrogens is 473 g/mol. The van der Waals surface area contributed by atoms with Gasteiger partial charge in [-0.05, 0) is 48.0 Å². The number of hydrogen-bond donors (Lipinski definition) is 2. The number of aliphatic hydroxyl groups excluding tert-OH is 1. The van der Waals surface area contributed by atoms with Gasteiger partial charge in [-0.3, -0.25) is 9.59 Å². The van der Waals surface area contributed by atoms with Crippen LogP contribution in [0.4, 0.5) is 4.39 Å². The van der Waals surface area contributed by atoms with Crippen LogP contribution in [0.2, 0.25) is 0 Å². The van der Waals surface area contributed by atoms with E-state index >= 15 is 0 Å². The lowest BCUT2D eigenvalue weighted by Crippen LogP contribution is -2.68. The standard InChI is InChI=1S/C29H26FN3O4/c1-37-21-10-11-22-23(13-21)31-26-24(14-34)33(28(36)19-8-5-9-20(30)12-19)17-29(25(22)26)15-32(16-29)27(35)18-6-3-2-4-7-18/h2-13,24,31,34H,14-17H2,1H3/t24-/m1/s1. The van der Waals surface area contributed by atoms with E-state index in [1.54, 1.807) is 35.1 Å². The molecule has 0 aliphatic carbocycles. The molecule has 1 spiro atoms. The molecule has 1 atom stereocenters. The van der Waals surface area contributed by atoms with Crippen molar-refractivity contribution in [3.63, 3.8) is 0 Å². The Hall–Kier alpha value is -4.17. The van der Waals surface area contributed by atoms with Gasteiger partial charge in [0.05, 0.1) is 25.2 Å². The topological polar surface area (TPSA) is 85.9 Å². The van der Waals surface area contributed by atoms with Crippen LogP contribution in [-0.2, 0) is 5.41 Å². The van der Waals surface area contributed by atoms with Crippen molar-refractivity contribution in [2.45, 2.75) is 11.5 Å². The summed E-state index contributed by atoms with van der Waals surface area (Å²) in [6.07, 6.45) is 0. The number of rotatable bonds is 4. The first kappa shape index (κ1) is 23.2. The third-order valence-electron chi connectivity index (χ3n) is 7.55. The van der Waals surface area contributed by atoms with E-state index in [0.29, 0.717) is 24.4 Å². The van der Waals surface area contributed by atoms with E-state index in [-0.39, 0.29) is 30.5 Å². The summed E-state index contributed by atoms with van der Waals surface area (Å²) in [6, 6.07) is 19.8. The molecule has 37 heavy (non-hydrogen) atoms. The number of aliphatic hydroxyl groups is 1. The molecule has 3 heterocycles. The lowest BCUT2D eigenvalue weighted by atomic mass is 9.68. The smallest absolute Gasteiger partial charge is 0.254 e. The Morgan fingerprint density at radius 3 is 2.46 bits per heavy atom. The predicted molar refractivity (Wildman–Crippen MR) is 136 cm³/mol. The van der Waals surface area contributed by atoms with E-state index in [1.807, 2.05) is 36.4 Å². The number of likely N-dealkylation sites (tertiary alicyclic amines) is 1. The molecule has 0 radical (unpaired) electrons. The van der Waals surface area contributed by atoms with Crippen molar-refractivity contribution < 1.29 is 23.8 Å². The average molecular weight is 500 g/mol. The number of aromatic amines is 1. The van der Waals surface area contributed by atoms with Crippen molar-refractivity contribution in [1.29, 1.82) is 0 Å². The molecule has 1 aromatic heterocycles. The van der Waals surface area contributed by atoms with Crippen LogP contribution in [0.5, 0.6) is 5.75 Å². The normalized spacial score (nSPS) is 18.0. The van der Waals surface area contributed by atoms with Crippen molar-refractivity contribution in [2.24, 2.45) is 0 Å². The monoisotopic (exact) mass is 499 g/mol. The minimum absolute atomic E-state index is 0.0680. The molecule has 7 nitrogen and oxygen atoms in total. The molecule has 8 heteroatoms. The number of nitrogens with zero attached hydrogens (tertiary/aromatic N) is 2. The van der Waals surface area contributed by atoms with Crippen molar-refractivity contribution in [3.05, 3.63) is 101 Å². The summed E-state index contributed by atoms with van der Waals surface area (Å²) < 4.78 is 19.4. The third kappa shape index (κ3) is 3.67. The summed E-state index contributed by atoms with van der Waals surface area (Å²) in [6.45, 7) is 0.814. The first-order valence-corrected chi connectivity index (χ1v) is 12.2. The van der Waals surface area contributed by atoms with Gasteiger partial charge < -0.3 is 24.6 Å². The van der Waals surface area contributed by atoms with Crippen LogP contribution < -0.4 is 4.74 Å². The maximum Gasteiger partial charge on any atom is 0.254 e. The van der Waals surface area contributed by atoms with E-state index in [4.69, 9.17) is 4.74 Å². The number of aromatic nitrogens is 1. The number of amides is 2. The Morgan fingerprint density at radius 2 is 1.76 bits per heavy atom. The number of halogens is 1. The van der Waals surface area contributed by atoms with Gasteiger partial charge in [-0.2, -0.15) is 0 Å². The van der Waals surface area contributed by atoms with Crippen molar-refractivity contribution in [2.75, 3.05) is 33.4 Å². The zero-order chi connectivity index (χ0) is 25.7. The van der Waals surface area contributed by atoms with Gasteiger partial charge >= 0.3 is 0 Å². The van der Waals surface area contributed by atoms with E-state index in [9.17, 15) is 19.1 Å². The minimum atomic E-state index is -0.645. The number of benzene rings is 3. The van der Waals surface area contributed by atoms with Gasteiger partial charge in [0.25, 0.3) is 11.8 Å². The summed E-state index contributed by atoms with van der Waals surface area (Å²) in [5, 5.41) is 11.4. The highest BCUT2D eigenvalue weighted by Crippen LogP contribution is 2.49. The number of fused-ring (bicyclic) bond motifs is 4. The van der Waals surface area contributed by atoms with Crippen LogP contribution in [0.3, 0.4) is 0 Å². The summed E-state index contributed by atoms with van der Waals surface area (Å²) in [5.41, 5.74) is 2.85. The fourth-order valence-corrected chi connectivity index (χ4v) is 5.86. The van der Waals surface area contributed by atoms with E-state index in [2.05, 4.69) is 4.98 Å². The van der Waals surface area contributed by atoms with Crippen LogP contribution in [0.25, 0.3) is 10.9 Å². The second-order valence-electron chi connectivity index (χ2n) is 9.77. The number of H-pyrrole nitrogens is 1. The van der Waals surface area contributed by atoms with Gasteiger partial charge in [0.15, 0.2) is 0 Å². The number of methoxy groups -OCH3 is 1. The van der Waals surface area contributed by atoms with Gasteiger partial charge in [-0.25, -0.2) is 4.39 Å². The Balaban J connectivity index is 1.44. The summed E-state index contributed by atoms with van der Waals surface area (Å²) in [7, 11) is 1.60. The molecule has 4 aromatic rings. The fraction of sp³-hybridized carbons (Fsp3) is 0.241. The SMILES string of the molecule is COc1ccc2c3c([nH]c2c1)[C@@H](CO)N(C(=O)c1cccc(F)c1)CC31CN(C(=O)c2ccccc2)C1. The zero-order valence-electron chi connectivity index (χ0n) is 20.3. The first-order valence-electron chi connectivity index (χ1n) is 12.2. The second kappa shape index (κ2) is 8.74. The number of ether oxygens (including phenoxy) is 1. The highest BCUT2D eigenvalue weighted by molar-refractivity contribution is 5.97. The number of nitrogens with one attached hydrogen (secondary N) is 1. The Labute approximate surface area is 213 Å². The molecule has 188 valence electrons. The van der Waals surface area contributed by atoms with Gasteiger partial charge in [0.2, 0.25) is 0 Å². The van der Waals surface area contributed by atoms with Crippen molar-refractivity contribution >= 4 is 22.7 Å². The molecule has 1 saturated heterocycles. The van der Waals surface area contributed by atoms with Gasteiger partial charge in [-0.1, -0.05) is 24.3 Å². The van der Waals surface area contributed by atoms with Gasteiger partial charge in [-0.15, -0.1) is 0 Å². The quantitative estimate of drug-likeness (QED) is 0.446. The second-order valence-corrected chi connectivity index (χ2v) is 9.77. The highest BCUT2D eigenvalue weighted by atomic mass is 19.1. The molecule has 0 unspecified atom stereocenters. The van der Waals surface area contributed by atoms with Crippen molar-refractivity contribution in [1.82, 2.24) is 14.8 Å². The van der Waals surface area contributed by atoms with Crippen LogP contribution in [0.1, 0.15) is 38.0 Å². The lowest BCUT2D eigenvalue weighted by Gasteiger charge is -2.56. The molecule has 2 aliphatic heterocycles. The molecule has 1 fully saturated rings. The summed E-state index contributed by atoms with van der Waals surface area (Å²) >= 11 is 0. The number of carbonyl (C=O) groups is 2. The number of carbonyl (C=O) groups excluding carboxylic acids is 2. The summed E-state index contributed by atoms with van der Waals surface area (Å²) in [4.78, 5) is 33.6. The molecule has 0 saturated carbocycles.